The maximum Gasteiger partial charge on any atom is 0.320 e. The molecule has 0 radical (unpaired) electrons. The van der Waals surface area contributed by atoms with Gasteiger partial charge in [0, 0.05) is 38.6 Å². The zero-order valence-electron chi connectivity index (χ0n) is 10.4. The summed E-state index contributed by atoms with van der Waals surface area (Å²) < 4.78 is 7.22. The minimum atomic E-state index is 0.146. The van der Waals surface area contributed by atoms with Gasteiger partial charge in [-0.05, 0) is 12.5 Å². The highest BCUT2D eigenvalue weighted by Crippen LogP contribution is 2.21. The maximum absolute atomic E-state index is 12.3. The summed E-state index contributed by atoms with van der Waals surface area (Å²) in [4.78, 5) is 16.1. The van der Waals surface area contributed by atoms with Crippen molar-refractivity contribution in [1.29, 1.82) is 0 Å². The molecule has 2 fully saturated rings. The number of urea groups is 1. The van der Waals surface area contributed by atoms with Gasteiger partial charge in [-0.3, -0.25) is 4.68 Å². The Balaban J connectivity index is 1.59. The molecule has 2 aliphatic heterocycles. The Kier molecular flexibility index (Phi) is 3.19. The molecule has 6 heteroatoms. The van der Waals surface area contributed by atoms with Crippen LogP contribution in [0.4, 0.5) is 4.79 Å². The lowest BCUT2D eigenvalue weighted by molar-refractivity contribution is 0.0449. The number of carbonyl (C=O) groups excluding carboxylic acids is 1. The Hall–Kier alpha value is -1.56. The Morgan fingerprint density at radius 3 is 2.78 bits per heavy atom. The van der Waals surface area contributed by atoms with Crippen molar-refractivity contribution in [3.8, 4) is 0 Å². The van der Waals surface area contributed by atoms with E-state index >= 15 is 0 Å². The summed E-state index contributed by atoms with van der Waals surface area (Å²) in [5.41, 5.74) is 0. The lowest BCUT2D eigenvalue weighted by atomic mass is 10.3. The molecule has 1 aromatic heterocycles. The molecule has 2 amide bonds. The van der Waals surface area contributed by atoms with Crippen molar-refractivity contribution in [1.82, 2.24) is 19.6 Å². The molecule has 18 heavy (non-hydrogen) atoms. The van der Waals surface area contributed by atoms with E-state index in [0.29, 0.717) is 32.3 Å². The number of hydrogen-bond acceptors (Lipinski definition) is 3. The molecular weight excluding hydrogens is 232 g/mol. The van der Waals surface area contributed by atoms with Crippen LogP contribution in [0.3, 0.4) is 0 Å². The smallest absolute Gasteiger partial charge is 0.320 e. The van der Waals surface area contributed by atoms with E-state index in [1.165, 1.54) is 0 Å². The van der Waals surface area contributed by atoms with Crippen molar-refractivity contribution in [2.45, 2.75) is 12.5 Å². The topological polar surface area (TPSA) is 50.6 Å². The first-order chi connectivity index (χ1) is 8.84. The molecule has 0 aromatic carbocycles. The van der Waals surface area contributed by atoms with Gasteiger partial charge < -0.3 is 14.5 Å². The average molecular weight is 250 g/mol. The second kappa shape index (κ2) is 4.97. The van der Waals surface area contributed by atoms with Crippen LogP contribution in [0.15, 0.2) is 18.5 Å². The third-order valence-corrected chi connectivity index (χ3v) is 3.61. The molecule has 3 heterocycles. The summed E-state index contributed by atoms with van der Waals surface area (Å²) in [6.07, 6.45) is 4.73. The first kappa shape index (κ1) is 11.5. The van der Waals surface area contributed by atoms with Crippen molar-refractivity contribution in [3.05, 3.63) is 18.5 Å². The summed E-state index contributed by atoms with van der Waals surface area (Å²) in [6.45, 7) is 4.31. The van der Waals surface area contributed by atoms with Crippen molar-refractivity contribution in [2.75, 3.05) is 39.4 Å². The van der Waals surface area contributed by atoms with Crippen LogP contribution in [-0.4, -0.2) is 65.0 Å². The van der Waals surface area contributed by atoms with Crippen LogP contribution < -0.4 is 0 Å². The van der Waals surface area contributed by atoms with E-state index in [1.807, 2.05) is 26.7 Å². The first-order valence-corrected chi connectivity index (χ1v) is 6.45. The molecule has 1 atom stereocenters. The average Bonchev–Trinajstić information content (AvgIpc) is 3.09. The summed E-state index contributed by atoms with van der Waals surface area (Å²) in [5.74, 6) is 0. The Bertz CT molecular complexity index is 400. The number of morpholine rings is 1. The standard InChI is InChI=1S/C12H18N4O2/c17-12(14-6-8-18-9-7-14)15-5-2-11(10-15)16-4-1-3-13-16/h1,3-4,11H,2,5-10H2. The molecule has 0 bridgehead atoms. The fourth-order valence-corrected chi connectivity index (χ4v) is 2.58. The van der Waals surface area contributed by atoms with E-state index in [0.717, 1.165) is 19.5 Å². The van der Waals surface area contributed by atoms with Gasteiger partial charge in [0.05, 0.1) is 19.3 Å². The number of rotatable bonds is 1. The van der Waals surface area contributed by atoms with Crippen LogP contribution in [0.2, 0.25) is 0 Å². The fraction of sp³-hybridized carbons (Fsp3) is 0.667. The molecular formula is C12H18N4O2. The van der Waals surface area contributed by atoms with Gasteiger partial charge in [-0.25, -0.2) is 4.79 Å². The van der Waals surface area contributed by atoms with Crippen molar-refractivity contribution in [2.24, 2.45) is 0 Å². The van der Waals surface area contributed by atoms with Crippen LogP contribution >= 0.6 is 0 Å². The summed E-state index contributed by atoms with van der Waals surface area (Å²) in [7, 11) is 0. The van der Waals surface area contributed by atoms with Gasteiger partial charge in [0.15, 0.2) is 0 Å². The van der Waals surface area contributed by atoms with Crippen LogP contribution in [0.25, 0.3) is 0 Å². The molecule has 1 unspecified atom stereocenters. The molecule has 2 saturated heterocycles. The maximum atomic E-state index is 12.3. The van der Waals surface area contributed by atoms with Gasteiger partial charge in [-0.15, -0.1) is 0 Å². The molecule has 2 aliphatic rings. The van der Waals surface area contributed by atoms with Gasteiger partial charge in [0.2, 0.25) is 0 Å². The third-order valence-electron chi connectivity index (χ3n) is 3.61. The number of aromatic nitrogens is 2. The molecule has 0 N–H and O–H groups in total. The van der Waals surface area contributed by atoms with E-state index in [2.05, 4.69) is 5.10 Å². The Morgan fingerprint density at radius 1 is 1.22 bits per heavy atom. The van der Waals surface area contributed by atoms with E-state index < -0.39 is 0 Å². The molecule has 0 saturated carbocycles. The van der Waals surface area contributed by atoms with E-state index in [-0.39, 0.29) is 6.03 Å². The number of hydrogen-bond donors (Lipinski definition) is 0. The summed E-state index contributed by atoms with van der Waals surface area (Å²) in [6, 6.07) is 2.39. The van der Waals surface area contributed by atoms with Gasteiger partial charge in [-0.1, -0.05) is 0 Å². The van der Waals surface area contributed by atoms with Crippen molar-refractivity contribution in [3.63, 3.8) is 0 Å². The zero-order chi connectivity index (χ0) is 12.4. The lowest BCUT2D eigenvalue weighted by Crippen LogP contribution is -2.47. The van der Waals surface area contributed by atoms with E-state index in [9.17, 15) is 4.79 Å². The lowest BCUT2D eigenvalue weighted by Gasteiger charge is -2.30. The quantitative estimate of drug-likeness (QED) is 0.732. The van der Waals surface area contributed by atoms with Gasteiger partial charge in [0.1, 0.15) is 0 Å². The second-order valence-corrected chi connectivity index (χ2v) is 4.76. The number of nitrogens with zero attached hydrogens (tertiary/aromatic N) is 4. The molecule has 0 spiro atoms. The Morgan fingerprint density at radius 2 is 2.06 bits per heavy atom. The van der Waals surface area contributed by atoms with Gasteiger partial charge in [0.25, 0.3) is 0 Å². The SMILES string of the molecule is O=C(N1CCOCC1)N1CCC(n2cccn2)C1. The highest BCUT2D eigenvalue weighted by atomic mass is 16.5. The van der Waals surface area contributed by atoms with Crippen LogP contribution in [0, 0.1) is 0 Å². The highest BCUT2D eigenvalue weighted by Gasteiger charge is 2.30. The minimum absolute atomic E-state index is 0.146. The predicted molar refractivity (Wildman–Crippen MR) is 65.2 cm³/mol. The van der Waals surface area contributed by atoms with Crippen LogP contribution in [0.5, 0.6) is 0 Å². The molecule has 3 rings (SSSR count). The number of amides is 2. The van der Waals surface area contributed by atoms with Gasteiger partial charge >= 0.3 is 6.03 Å². The van der Waals surface area contributed by atoms with E-state index in [4.69, 9.17) is 4.74 Å². The third kappa shape index (κ3) is 2.20. The van der Waals surface area contributed by atoms with Crippen molar-refractivity contribution < 1.29 is 9.53 Å². The molecule has 0 aliphatic carbocycles. The summed E-state index contributed by atoms with van der Waals surface area (Å²) >= 11 is 0. The zero-order valence-corrected chi connectivity index (χ0v) is 10.4. The first-order valence-electron chi connectivity index (χ1n) is 6.45. The number of likely N-dealkylation sites (tertiary alicyclic amines) is 1. The van der Waals surface area contributed by atoms with Gasteiger partial charge in [-0.2, -0.15) is 5.10 Å². The molecule has 6 nitrogen and oxygen atoms in total. The number of ether oxygens (including phenoxy) is 1. The monoisotopic (exact) mass is 250 g/mol. The predicted octanol–water partition coefficient (Wildman–Crippen LogP) is 0.582. The largest absolute Gasteiger partial charge is 0.378 e. The highest BCUT2D eigenvalue weighted by molar-refractivity contribution is 5.74. The minimum Gasteiger partial charge on any atom is -0.378 e. The van der Waals surface area contributed by atoms with E-state index in [1.54, 1.807) is 6.20 Å². The van der Waals surface area contributed by atoms with Crippen LogP contribution in [0.1, 0.15) is 12.5 Å². The fourth-order valence-electron chi connectivity index (χ4n) is 2.58. The molecule has 98 valence electrons. The Labute approximate surface area is 106 Å². The van der Waals surface area contributed by atoms with Crippen LogP contribution in [-0.2, 0) is 4.74 Å². The number of carbonyl (C=O) groups is 1. The van der Waals surface area contributed by atoms with Crippen molar-refractivity contribution >= 4 is 6.03 Å². The molecule has 1 aromatic rings. The summed E-state index contributed by atoms with van der Waals surface area (Å²) in [5, 5.41) is 4.25. The second-order valence-electron chi connectivity index (χ2n) is 4.76. The normalized spacial score (nSPS) is 24.6.